The van der Waals surface area contributed by atoms with Crippen molar-refractivity contribution in [3.8, 4) is 0 Å². The molecule has 5 heteroatoms. The Balaban J connectivity index is 2.15. The Hall–Kier alpha value is -0.970. The first-order chi connectivity index (χ1) is 9.63. The van der Waals surface area contributed by atoms with Crippen LogP contribution in [-0.2, 0) is 6.42 Å². The Bertz CT molecular complexity index is 578. The second-order valence-electron chi connectivity index (χ2n) is 4.50. The van der Waals surface area contributed by atoms with Gasteiger partial charge in [0.2, 0.25) is 0 Å². The summed E-state index contributed by atoms with van der Waals surface area (Å²) in [4.78, 5) is 3.99. The summed E-state index contributed by atoms with van der Waals surface area (Å²) in [6.07, 6.45) is 5.16. The highest BCUT2D eigenvalue weighted by Gasteiger charge is 2.17. The fourth-order valence-corrected chi connectivity index (χ4v) is 2.60. The van der Waals surface area contributed by atoms with Crippen LogP contribution in [0.15, 0.2) is 41.1 Å². The third-order valence-corrected chi connectivity index (χ3v) is 4.52. The minimum atomic E-state index is -0.366. The van der Waals surface area contributed by atoms with Crippen LogP contribution < -0.4 is 5.32 Å². The van der Waals surface area contributed by atoms with Gasteiger partial charge in [-0.25, -0.2) is 4.39 Å². The lowest BCUT2D eigenvalue weighted by molar-refractivity contribution is 0.508. The topological polar surface area (TPSA) is 24.9 Å². The monoisotopic (exact) mass is 356 g/mol. The van der Waals surface area contributed by atoms with Crippen molar-refractivity contribution >= 4 is 27.5 Å². The highest BCUT2D eigenvalue weighted by atomic mass is 79.9. The fraction of sp³-hybridized carbons (Fsp3) is 0.267. The standard InChI is InChI=1S/C15H15BrClFN2/c1-19-13(5-2-10-6-8-20-9-7-10)11-3-4-12(16)14(17)15(11)18/h3-4,6-9,13,19H,2,5H2,1H3. The van der Waals surface area contributed by atoms with Crippen LogP contribution in [0.3, 0.4) is 0 Å². The normalized spacial score (nSPS) is 12.4. The molecule has 1 unspecified atom stereocenters. The van der Waals surface area contributed by atoms with Crippen LogP contribution in [-0.4, -0.2) is 12.0 Å². The van der Waals surface area contributed by atoms with E-state index in [4.69, 9.17) is 11.6 Å². The number of aryl methyl sites for hydroxylation is 1. The van der Waals surface area contributed by atoms with E-state index in [9.17, 15) is 4.39 Å². The lowest BCUT2D eigenvalue weighted by Crippen LogP contribution is -2.18. The molecule has 2 nitrogen and oxygen atoms in total. The number of hydrogen-bond donors (Lipinski definition) is 1. The molecule has 1 heterocycles. The first kappa shape index (κ1) is 15.4. The van der Waals surface area contributed by atoms with Crippen molar-refractivity contribution in [2.45, 2.75) is 18.9 Å². The van der Waals surface area contributed by atoms with Crippen LogP contribution in [0.1, 0.15) is 23.6 Å². The van der Waals surface area contributed by atoms with E-state index in [0.717, 1.165) is 12.8 Å². The number of nitrogens with zero attached hydrogens (tertiary/aromatic N) is 1. The predicted octanol–water partition coefficient (Wildman–Crippen LogP) is 4.53. The molecule has 0 aliphatic carbocycles. The van der Waals surface area contributed by atoms with Crippen LogP contribution in [0.4, 0.5) is 4.39 Å². The van der Waals surface area contributed by atoms with E-state index in [-0.39, 0.29) is 16.9 Å². The summed E-state index contributed by atoms with van der Waals surface area (Å²) in [5.41, 5.74) is 1.78. The number of hydrogen-bond acceptors (Lipinski definition) is 2. The minimum Gasteiger partial charge on any atom is -0.313 e. The molecule has 20 heavy (non-hydrogen) atoms. The van der Waals surface area contributed by atoms with Crippen LogP contribution in [0.25, 0.3) is 0 Å². The second kappa shape index (κ2) is 7.16. The highest BCUT2D eigenvalue weighted by Crippen LogP contribution is 2.31. The van der Waals surface area contributed by atoms with E-state index >= 15 is 0 Å². The van der Waals surface area contributed by atoms with Crippen molar-refractivity contribution in [1.82, 2.24) is 10.3 Å². The molecule has 0 fully saturated rings. The molecule has 0 saturated carbocycles. The largest absolute Gasteiger partial charge is 0.313 e. The number of rotatable bonds is 5. The minimum absolute atomic E-state index is 0.0752. The summed E-state index contributed by atoms with van der Waals surface area (Å²) in [6.45, 7) is 0. The molecule has 106 valence electrons. The van der Waals surface area contributed by atoms with E-state index in [0.29, 0.717) is 10.0 Å². The maximum atomic E-state index is 14.2. The summed E-state index contributed by atoms with van der Waals surface area (Å²) in [6, 6.07) is 7.40. The SMILES string of the molecule is CNC(CCc1ccncc1)c1ccc(Br)c(Cl)c1F. The number of nitrogens with one attached hydrogen (secondary N) is 1. The van der Waals surface area contributed by atoms with Gasteiger partial charge < -0.3 is 5.32 Å². The molecule has 0 bridgehead atoms. The molecule has 2 rings (SSSR count). The second-order valence-corrected chi connectivity index (χ2v) is 5.73. The molecule has 1 N–H and O–H groups in total. The van der Waals surface area contributed by atoms with Gasteiger partial charge in [0.25, 0.3) is 0 Å². The van der Waals surface area contributed by atoms with Crippen LogP contribution in [0, 0.1) is 5.82 Å². The van der Waals surface area contributed by atoms with Crippen LogP contribution in [0.2, 0.25) is 5.02 Å². The van der Waals surface area contributed by atoms with Gasteiger partial charge in [-0.2, -0.15) is 0 Å². The molecule has 0 spiro atoms. The molecule has 0 aliphatic heterocycles. The highest BCUT2D eigenvalue weighted by molar-refractivity contribution is 9.10. The summed E-state index contributed by atoms with van der Waals surface area (Å²) in [7, 11) is 1.83. The molecular weight excluding hydrogens is 343 g/mol. The molecule has 1 atom stereocenters. The van der Waals surface area contributed by atoms with Gasteiger partial charge in [0.1, 0.15) is 5.82 Å². The number of pyridine rings is 1. The Kier molecular flexibility index (Phi) is 5.52. The van der Waals surface area contributed by atoms with Crippen LogP contribution in [0.5, 0.6) is 0 Å². The molecule has 1 aromatic heterocycles. The molecule has 0 radical (unpaired) electrons. The Morgan fingerprint density at radius 3 is 2.65 bits per heavy atom. The van der Waals surface area contributed by atoms with Gasteiger partial charge in [-0.1, -0.05) is 17.7 Å². The third kappa shape index (κ3) is 3.57. The zero-order valence-corrected chi connectivity index (χ0v) is 13.4. The molecule has 2 aromatic rings. The van der Waals surface area contributed by atoms with Crippen molar-refractivity contribution < 1.29 is 4.39 Å². The Labute approximate surface area is 131 Å². The Morgan fingerprint density at radius 1 is 1.30 bits per heavy atom. The van der Waals surface area contributed by atoms with Gasteiger partial charge in [0.05, 0.1) is 5.02 Å². The van der Waals surface area contributed by atoms with Crippen molar-refractivity contribution in [2.75, 3.05) is 7.05 Å². The van der Waals surface area contributed by atoms with Crippen molar-refractivity contribution in [1.29, 1.82) is 0 Å². The fourth-order valence-electron chi connectivity index (χ4n) is 2.13. The van der Waals surface area contributed by atoms with Crippen LogP contribution >= 0.6 is 27.5 Å². The van der Waals surface area contributed by atoms with Gasteiger partial charge in [-0.05, 0) is 59.6 Å². The zero-order chi connectivity index (χ0) is 14.5. The van der Waals surface area contributed by atoms with Crippen molar-refractivity contribution in [2.24, 2.45) is 0 Å². The molecule has 0 aliphatic rings. The van der Waals surface area contributed by atoms with E-state index in [1.165, 1.54) is 5.56 Å². The van der Waals surface area contributed by atoms with Gasteiger partial charge in [0.15, 0.2) is 0 Å². The van der Waals surface area contributed by atoms with E-state index in [1.807, 2.05) is 19.2 Å². The summed E-state index contributed by atoms with van der Waals surface area (Å²) in [5.74, 6) is -0.366. The molecule has 1 aromatic carbocycles. The van der Waals surface area contributed by atoms with E-state index in [2.05, 4.69) is 26.2 Å². The van der Waals surface area contributed by atoms with Crippen molar-refractivity contribution in [3.63, 3.8) is 0 Å². The first-order valence-corrected chi connectivity index (χ1v) is 7.50. The summed E-state index contributed by atoms with van der Waals surface area (Å²) >= 11 is 9.17. The quantitative estimate of drug-likeness (QED) is 0.795. The summed E-state index contributed by atoms with van der Waals surface area (Å²) < 4.78 is 14.8. The number of halogens is 3. The maximum Gasteiger partial charge on any atom is 0.147 e. The lowest BCUT2D eigenvalue weighted by Gasteiger charge is -2.18. The lowest BCUT2D eigenvalue weighted by atomic mass is 9.99. The smallest absolute Gasteiger partial charge is 0.147 e. The van der Waals surface area contributed by atoms with Gasteiger partial charge in [0, 0.05) is 28.5 Å². The van der Waals surface area contributed by atoms with Gasteiger partial charge in [-0.15, -0.1) is 0 Å². The average Bonchev–Trinajstić information content (AvgIpc) is 2.48. The van der Waals surface area contributed by atoms with E-state index in [1.54, 1.807) is 24.5 Å². The molecular formula is C15H15BrClFN2. The summed E-state index contributed by atoms with van der Waals surface area (Å²) in [5, 5.41) is 3.28. The number of benzene rings is 1. The maximum absolute atomic E-state index is 14.2. The average molecular weight is 358 g/mol. The number of aromatic nitrogens is 1. The predicted molar refractivity (Wildman–Crippen MR) is 83.5 cm³/mol. The van der Waals surface area contributed by atoms with Gasteiger partial charge in [-0.3, -0.25) is 4.98 Å². The zero-order valence-electron chi connectivity index (χ0n) is 11.0. The molecule has 0 saturated heterocycles. The Morgan fingerprint density at radius 2 is 2.00 bits per heavy atom. The van der Waals surface area contributed by atoms with Crippen molar-refractivity contribution in [3.05, 3.63) is 63.1 Å². The van der Waals surface area contributed by atoms with Gasteiger partial charge >= 0.3 is 0 Å². The van der Waals surface area contributed by atoms with E-state index < -0.39 is 0 Å². The molecule has 0 amide bonds. The third-order valence-electron chi connectivity index (χ3n) is 3.26. The first-order valence-electron chi connectivity index (χ1n) is 6.33.